The lowest BCUT2D eigenvalue weighted by atomic mass is 10.1. The zero-order valence-corrected chi connectivity index (χ0v) is 18.3. The first-order valence-corrected chi connectivity index (χ1v) is 11.5. The smallest absolute Gasteiger partial charge is 0.257 e. The highest BCUT2D eigenvalue weighted by atomic mass is 32.2. The lowest BCUT2D eigenvalue weighted by Crippen LogP contribution is -2.30. The summed E-state index contributed by atoms with van der Waals surface area (Å²) in [6, 6.07) is 6.88. The second-order valence-corrected chi connectivity index (χ2v) is 8.62. The van der Waals surface area contributed by atoms with Crippen LogP contribution in [-0.2, 0) is 0 Å². The Morgan fingerprint density at radius 2 is 2.10 bits per heavy atom. The summed E-state index contributed by atoms with van der Waals surface area (Å²) in [5.74, 6) is -2.03. The lowest BCUT2D eigenvalue weighted by Gasteiger charge is -2.29. The van der Waals surface area contributed by atoms with Crippen molar-refractivity contribution in [2.45, 2.75) is 43.2 Å². The molecule has 1 amide bonds. The summed E-state index contributed by atoms with van der Waals surface area (Å²) in [6.07, 6.45) is 3.34. The van der Waals surface area contributed by atoms with Crippen molar-refractivity contribution in [2.75, 3.05) is 36.2 Å². The predicted octanol–water partition coefficient (Wildman–Crippen LogP) is 4.84. The van der Waals surface area contributed by atoms with E-state index in [2.05, 4.69) is 10.3 Å². The lowest BCUT2D eigenvalue weighted by molar-refractivity contribution is -0.0102. The summed E-state index contributed by atoms with van der Waals surface area (Å²) in [7, 11) is 0. The van der Waals surface area contributed by atoms with Crippen LogP contribution >= 0.6 is 11.8 Å². The molecule has 1 aromatic carbocycles. The number of nitrogens with zero attached hydrogens (tertiary/aromatic N) is 2. The molecule has 166 valence electrons. The molecule has 0 spiro atoms. The molecule has 4 rings (SSSR count). The summed E-state index contributed by atoms with van der Waals surface area (Å²) >= 11 is 1.47. The van der Waals surface area contributed by atoms with E-state index in [4.69, 9.17) is 9.47 Å². The van der Waals surface area contributed by atoms with Crippen LogP contribution in [-0.4, -0.2) is 48.9 Å². The van der Waals surface area contributed by atoms with Crippen molar-refractivity contribution in [3.63, 3.8) is 0 Å². The van der Waals surface area contributed by atoms with Gasteiger partial charge in [0.05, 0.1) is 16.3 Å². The first kappa shape index (κ1) is 21.7. The first-order chi connectivity index (χ1) is 14.8. The van der Waals surface area contributed by atoms with Gasteiger partial charge in [0, 0.05) is 43.9 Å². The number of ether oxygens (including phenoxy) is 2. The number of alkyl halides is 2. The Balaban J connectivity index is 1.68. The zero-order chi connectivity index (χ0) is 22.0. The van der Waals surface area contributed by atoms with Crippen LogP contribution in [0.2, 0.25) is 0 Å². The molecule has 0 aliphatic carbocycles. The molecular formula is C22H25F2N3O3S. The van der Waals surface area contributed by atoms with Crippen LogP contribution in [0.3, 0.4) is 0 Å². The minimum atomic E-state index is -2.69. The number of anilines is 2. The maximum Gasteiger partial charge on any atom is 0.257 e. The quantitative estimate of drug-likeness (QED) is 0.674. The number of carbonyl (C=O) groups is 1. The van der Waals surface area contributed by atoms with Crippen molar-refractivity contribution in [2.24, 2.45) is 0 Å². The standard InChI is InChI=1S/C22H25F2N3O3S/c1-14-13-29-18-12-17(27-8-3-5-22(23,24)6-9-27)16(11-19(18)30-14)21(28)26-15-4-7-25-20(10-15)31-2/h4,7,10-12,14H,3,5-6,8-9,13H2,1-2H3,(H,25,26,28). The van der Waals surface area contributed by atoms with Gasteiger partial charge in [-0.3, -0.25) is 4.79 Å². The molecule has 0 bridgehead atoms. The van der Waals surface area contributed by atoms with Gasteiger partial charge >= 0.3 is 0 Å². The Hall–Kier alpha value is -2.55. The van der Waals surface area contributed by atoms with Crippen LogP contribution in [0.5, 0.6) is 11.5 Å². The number of pyridine rings is 1. The molecule has 1 aromatic heterocycles. The molecule has 1 unspecified atom stereocenters. The van der Waals surface area contributed by atoms with Crippen molar-refractivity contribution in [3.05, 3.63) is 36.0 Å². The summed E-state index contributed by atoms with van der Waals surface area (Å²) in [6.45, 7) is 2.88. The largest absolute Gasteiger partial charge is 0.486 e. The summed E-state index contributed by atoms with van der Waals surface area (Å²) in [5.41, 5.74) is 1.55. The van der Waals surface area contributed by atoms with Crippen LogP contribution < -0.4 is 19.7 Å². The third kappa shape index (κ3) is 5.03. The summed E-state index contributed by atoms with van der Waals surface area (Å²) in [4.78, 5) is 19.3. The van der Waals surface area contributed by atoms with Gasteiger partial charge in [-0.15, -0.1) is 11.8 Å². The van der Waals surface area contributed by atoms with E-state index in [1.807, 2.05) is 18.1 Å². The molecule has 2 aliphatic rings. The number of amides is 1. The molecule has 1 N–H and O–H groups in total. The van der Waals surface area contributed by atoms with Crippen LogP contribution in [0.1, 0.15) is 36.5 Å². The second-order valence-electron chi connectivity index (χ2n) is 7.79. The minimum absolute atomic E-state index is 0.143. The first-order valence-electron chi connectivity index (χ1n) is 10.3. The number of thioether (sulfide) groups is 1. The second kappa shape index (κ2) is 8.90. The average Bonchev–Trinajstić information content (AvgIpc) is 2.93. The number of benzene rings is 1. The molecule has 6 nitrogen and oxygen atoms in total. The third-order valence-electron chi connectivity index (χ3n) is 5.37. The number of hydrogen-bond acceptors (Lipinski definition) is 6. The molecule has 1 fully saturated rings. The zero-order valence-electron chi connectivity index (χ0n) is 17.5. The highest BCUT2D eigenvalue weighted by molar-refractivity contribution is 7.98. The Kier molecular flexibility index (Phi) is 6.22. The van der Waals surface area contributed by atoms with Gasteiger partial charge in [-0.1, -0.05) is 0 Å². The number of halogens is 2. The number of rotatable bonds is 4. The highest BCUT2D eigenvalue weighted by Crippen LogP contribution is 2.40. The molecule has 2 aliphatic heterocycles. The predicted molar refractivity (Wildman–Crippen MR) is 117 cm³/mol. The van der Waals surface area contributed by atoms with E-state index in [0.29, 0.717) is 48.0 Å². The summed E-state index contributed by atoms with van der Waals surface area (Å²) in [5, 5.41) is 3.68. The fourth-order valence-corrected chi connectivity index (χ4v) is 4.17. The van der Waals surface area contributed by atoms with Crippen molar-refractivity contribution >= 4 is 29.0 Å². The SMILES string of the molecule is CSc1cc(NC(=O)c2cc3c(cc2N2CCCC(F)(F)CC2)OCC(C)O3)ccn1. The van der Waals surface area contributed by atoms with Crippen molar-refractivity contribution in [1.82, 2.24) is 4.98 Å². The van der Waals surface area contributed by atoms with E-state index in [-0.39, 0.29) is 31.4 Å². The van der Waals surface area contributed by atoms with Gasteiger partial charge < -0.3 is 19.7 Å². The minimum Gasteiger partial charge on any atom is -0.486 e. The topological polar surface area (TPSA) is 63.7 Å². The monoisotopic (exact) mass is 449 g/mol. The fraction of sp³-hybridized carbons (Fsp3) is 0.455. The van der Waals surface area contributed by atoms with E-state index in [1.165, 1.54) is 11.8 Å². The molecule has 1 atom stereocenters. The number of fused-ring (bicyclic) bond motifs is 1. The van der Waals surface area contributed by atoms with Crippen LogP contribution in [0, 0.1) is 0 Å². The van der Waals surface area contributed by atoms with E-state index in [1.54, 1.807) is 30.5 Å². The Morgan fingerprint density at radius 3 is 2.90 bits per heavy atom. The van der Waals surface area contributed by atoms with Crippen molar-refractivity contribution in [3.8, 4) is 11.5 Å². The Labute approximate surface area is 184 Å². The van der Waals surface area contributed by atoms with Gasteiger partial charge in [0.1, 0.15) is 12.7 Å². The van der Waals surface area contributed by atoms with Gasteiger partial charge in [-0.05, 0) is 37.8 Å². The maximum absolute atomic E-state index is 13.9. The van der Waals surface area contributed by atoms with Crippen LogP contribution in [0.4, 0.5) is 20.2 Å². The third-order valence-corrected chi connectivity index (χ3v) is 6.01. The molecule has 2 aromatic rings. The molecule has 1 saturated heterocycles. The van der Waals surface area contributed by atoms with E-state index >= 15 is 0 Å². The fourth-order valence-electron chi connectivity index (χ4n) is 3.76. The van der Waals surface area contributed by atoms with Crippen molar-refractivity contribution < 1.29 is 23.0 Å². The van der Waals surface area contributed by atoms with E-state index in [0.717, 1.165) is 5.03 Å². The summed E-state index contributed by atoms with van der Waals surface area (Å²) < 4.78 is 39.5. The number of aromatic nitrogens is 1. The van der Waals surface area contributed by atoms with Crippen LogP contribution in [0.25, 0.3) is 0 Å². The average molecular weight is 450 g/mol. The van der Waals surface area contributed by atoms with Gasteiger partial charge in [0.2, 0.25) is 5.92 Å². The molecule has 31 heavy (non-hydrogen) atoms. The highest BCUT2D eigenvalue weighted by Gasteiger charge is 2.33. The van der Waals surface area contributed by atoms with Gasteiger partial charge in [-0.25, -0.2) is 13.8 Å². The Bertz CT molecular complexity index is 973. The van der Waals surface area contributed by atoms with E-state index in [9.17, 15) is 13.6 Å². The van der Waals surface area contributed by atoms with Crippen LogP contribution in [0.15, 0.2) is 35.5 Å². The molecule has 3 heterocycles. The molecule has 9 heteroatoms. The number of carbonyl (C=O) groups excluding carboxylic acids is 1. The number of hydrogen-bond donors (Lipinski definition) is 1. The normalized spacial score (nSPS) is 20.1. The van der Waals surface area contributed by atoms with Crippen molar-refractivity contribution in [1.29, 1.82) is 0 Å². The number of nitrogens with one attached hydrogen (secondary N) is 1. The maximum atomic E-state index is 13.9. The van der Waals surface area contributed by atoms with Gasteiger partial charge in [0.15, 0.2) is 11.5 Å². The van der Waals surface area contributed by atoms with Gasteiger partial charge in [-0.2, -0.15) is 0 Å². The van der Waals surface area contributed by atoms with Gasteiger partial charge in [0.25, 0.3) is 5.91 Å². The molecular weight excluding hydrogens is 424 g/mol. The molecule has 0 saturated carbocycles. The Morgan fingerprint density at radius 1 is 1.26 bits per heavy atom. The molecule has 0 radical (unpaired) electrons. The van der Waals surface area contributed by atoms with E-state index < -0.39 is 5.92 Å².